The Bertz CT molecular complexity index is 669. The molecule has 1 aromatic heterocycles. The Morgan fingerprint density at radius 1 is 1.53 bits per heavy atom. The van der Waals surface area contributed by atoms with Crippen molar-refractivity contribution in [3.63, 3.8) is 0 Å². The molecule has 2 aromatic rings. The number of sulfonamides is 1. The average molecular weight is 257 g/mol. The van der Waals surface area contributed by atoms with Gasteiger partial charge in [0.15, 0.2) is 0 Å². The fourth-order valence-electron chi connectivity index (χ4n) is 1.36. The summed E-state index contributed by atoms with van der Waals surface area (Å²) in [5, 5.41) is 7.32. The maximum absolute atomic E-state index is 11.7. The smallest absolute Gasteiger partial charge is 0.264 e. The van der Waals surface area contributed by atoms with Gasteiger partial charge in [0, 0.05) is 13.8 Å². The first kappa shape index (κ1) is 11.6. The number of nitrogens with one attached hydrogen (secondary N) is 2. The van der Waals surface area contributed by atoms with Gasteiger partial charge < -0.3 is 0 Å². The van der Waals surface area contributed by atoms with Crippen LogP contribution in [0, 0.1) is 0 Å². The van der Waals surface area contributed by atoms with E-state index in [1.807, 2.05) is 4.72 Å². The van der Waals surface area contributed by atoms with Crippen LogP contribution in [0.5, 0.6) is 0 Å². The molecule has 0 aliphatic heterocycles. The minimum absolute atomic E-state index is 0. The van der Waals surface area contributed by atoms with Crippen molar-refractivity contribution in [1.82, 2.24) is 14.9 Å². The third-order valence-electron chi connectivity index (χ3n) is 2.33. The number of amides is 1. The molecule has 0 unspecified atom stereocenters. The van der Waals surface area contributed by atoms with Crippen LogP contribution in [-0.4, -0.2) is 30.3 Å². The lowest BCUT2D eigenvalue weighted by Crippen LogP contribution is -2.31. The molecule has 94 valence electrons. The van der Waals surface area contributed by atoms with Gasteiger partial charge in [0.25, 0.3) is 5.91 Å². The summed E-state index contributed by atoms with van der Waals surface area (Å²) < 4.78 is 24.5. The number of hydrogen-bond donors (Lipinski definition) is 2. The third-order valence-corrected chi connectivity index (χ3v) is 3.59. The first-order valence-electron chi connectivity index (χ1n) is 5.00. The van der Waals surface area contributed by atoms with E-state index >= 15 is 0 Å². The molecule has 2 N–H and O–H groups in total. The fourth-order valence-corrected chi connectivity index (χ4v) is 1.90. The van der Waals surface area contributed by atoms with Crippen LogP contribution >= 0.6 is 0 Å². The van der Waals surface area contributed by atoms with E-state index in [4.69, 9.17) is 0 Å². The lowest BCUT2D eigenvalue weighted by molar-refractivity contribution is 0.0981. The number of carbonyl (C=O) groups excluding carboxylic acids is 1. The highest BCUT2D eigenvalue weighted by molar-refractivity contribution is 7.90. The Morgan fingerprint density at radius 3 is 3.00 bits per heavy atom. The molecule has 0 bridgehead atoms. The molecule has 0 spiro atoms. The molecule has 1 aromatic carbocycles. The highest BCUT2D eigenvalue weighted by atomic mass is 32.2. The number of aromatic amines is 1. The Balaban J connectivity index is 0.00000162. The van der Waals surface area contributed by atoms with Crippen LogP contribution in [0.15, 0.2) is 24.4 Å². The first-order valence-corrected chi connectivity index (χ1v) is 6.65. The molecule has 0 radical (unpaired) electrons. The molecular weight excluding hydrogens is 242 g/mol. The van der Waals surface area contributed by atoms with E-state index in [-0.39, 0.29) is 14.2 Å². The zero-order valence-corrected chi connectivity index (χ0v) is 9.91. The maximum atomic E-state index is 11.7. The minimum atomic E-state index is -3.53. The van der Waals surface area contributed by atoms with Gasteiger partial charge in [-0.25, -0.2) is 13.1 Å². The van der Waals surface area contributed by atoms with Gasteiger partial charge >= 0.3 is 0 Å². The zero-order valence-electron chi connectivity index (χ0n) is 9.10. The molecule has 0 aliphatic rings. The molecule has 0 atom stereocenters. The first-order chi connectivity index (χ1) is 8.02. The number of benzene rings is 1. The number of nitrogens with zero attached hydrogens (tertiary/aromatic N) is 1. The molecule has 6 nitrogen and oxygen atoms in total. The van der Waals surface area contributed by atoms with E-state index in [1.54, 1.807) is 24.4 Å². The summed E-state index contributed by atoms with van der Waals surface area (Å²) in [7, 11) is -3.53. The van der Waals surface area contributed by atoms with Gasteiger partial charge in [-0.15, -0.1) is 0 Å². The van der Waals surface area contributed by atoms with Gasteiger partial charge in [-0.3, -0.25) is 9.89 Å². The van der Waals surface area contributed by atoms with Gasteiger partial charge in [0.05, 0.1) is 17.5 Å². The number of carbonyl (C=O) groups is 1. The Hall–Kier alpha value is -1.89. The van der Waals surface area contributed by atoms with Gasteiger partial charge in [-0.2, -0.15) is 5.10 Å². The second-order valence-electron chi connectivity index (χ2n) is 3.51. The Labute approximate surface area is 101 Å². The highest BCUT2D eigenvalue weighted by Crippen LogP contribution is 2.12. The van der Waals surface area contributed by atoms with Crippen LogP contribution in [0.2, 0.25) is 0 Å². The minimum Gasteiger partial charge on any atom is -0.278 e. The lowest BCUT2D eigenvalue weighted by Gasteiger charge is -2.04. The SMILES string of the molecule is CCS(=O)(=O)NC(=O)c1ccc2[nH]ncc2c1.[HH].[HH]. The summed E-state index contributed by atoms with van der Waals surface area (Å²) in [4.78, 5) is 11.7. The van der Waals surface area contributed by atoms with Gasteiger partial charge in [-0.05, 0) is 25.1 Å². The molecule has 2 rings (SSSR count). The predicted molar refractivity (Wildman–Crippen MR) is 67.2 cm³/mol. The summed E-state index contributed by atoms with van der Waals surface area (Å²) >= 11 is 0. The summed E-state index contributed by atoms with van der Waals surface area (Å²) in [6.45, 7) is 1.47. The van der Waals surface area contributed by atoms with Crippen molar-refractivity contribution >= 4 is 26.8 Å². The normalized spacial score (nSPS) is 11.6. The van der Waals surface area contributed by atoms with E-state index in [9.17, 15) is 13.2 Å². The van der Waals surface area contributed by atoms with E-state index in [0.29, 0.717) is 0 Å². The van der Waals surface area contributed by atoms with E-state index in [2.05, 4.69) is 10.2 Å². The van der Waals surface area contributed by atoms with Crippen molar-refractivity contribution in [2.75, 3.05) is 5.75 Å². The molecule has 1 amide bonds. The van der Waals surface area contributed by atoms with E-state index in [1.165, 1.54) is 6.92 Å². The molecule has 1 heterocycles. The zero-order chi connectivity index (χ0) is 12.5. The lowest BCUT2D eigenvalue weighted by atomic mass is 10.1. The van der Waals surface area contributed by atoms with E-state index in [0.717, 1.165) is 10.9 Å². The average Bonchev–Trinajstić information content (AvgIpc) is 2.75. The van der Waals surface area contributed by atoms with Gasteiger partial charge in [0.2, 0.25) is 10.0 Å². The van der Waals surface area contributed by atoms with Crippen molar-refractivity contribution in [2.24, 2.45) is 0 Å². The van der Waals surface area contributed by atoms with Crippen LogP contribution in [-0.2, 0) is 10.0 Å². The Kier molecular flexibility index (Phi) is 2.84. The van der Waals surface area contributed by atoms with Crippen LogP contribution in [0.25, 0.3) is 10.9 Å². The van der Waals surface area contributed by atoms with Crippen LogP contribution in [0.3, 0.4) is 0 Å². The second-order valence-corrected chi connectivity index (χ2v) is 5.52. The molecular formula is C10H15N3O3S. The Morgan fingerprint density at radius 2 is 2.29 bits per heavy atom. The number of rotatable bonds is 3. The third kappa shape index (κ3) is 2.44. The second kappa shape index (κ2) is 4.17. The molecule has 0 fully saturated rings. The summed E-state index contributed by atoms with van der Waals surface area (Å²) in [5.74, 6) is -0.762. The van der Waals surface area contributed by atoms with Crippen LogP contribution in [0.1, 0.15) is 20.1 Å². The summed E-state index contributed by atoms with van der Waals surface area (Å²) in [6, 6.07) is 4.80. The molecule has 0 saturated heterocycles. The van der Waals surface area contributed by atoms with Crippen LogP contribution in [0.4, 0.5) is 0 Å². The van der Waals surface area contributed by atoms with Crippen molar-refractivity contribution in [3.05, 3.63) is 30.0 Å². The number of hydrogen-bond acceptors (Lipinski definition) is 4. The predicted octanol–water partition coefficient (Wildman–Crippen LogP) is 1.13. The van der Waals surface area contributed by atoms with E-state index < -0.39 is 15.9 Å². The van der Waals surface area contributed by atoms with Crippen molar-refractivity contribution in [3.8, 4) is 0 Å². The van der Waals surface area contributed by atoms with Gasteiger partial charge in [-0.1, -0.05) is 0 Å². The summed E-state index contributed by atoms with van der Waals surface area (Å²) in [5.41, 5.74) is 1.08. The largest absolute Gasteiger partial charge is 0.278 e. The van der Waals surface area contributed by atoms with Crippen molar-refractivity contribution in [2.45, 2.75) is 6.92 Å². The van der Waals surface area contributed by atoms with Crippen molar-refractivity contribution < 1.29 is 16.1 Å². The van der Waals surface area contributed by atoms with Crippen molar-refractivity contribution in [1.29, 1.82) is 0 Å². The number of fused-ring (bicyclic) bond motifs is 1. The maximum Gasteiger partial charge on any atom is 0.264 e. The molecule has 0 aliphatic carbocycles. The number of aromatic nitrogens is 2. The van der Waals surface area contributed by atoms with Gasteiger partial charge in [0.1, 0.15) is 0 Å². The fraction of sp³-hybridized carbons (Fsp3) is 0.200. The molecule has 17 heavy (non-hydrogen) atoms. The van der Waals surface area contributed by atoms with Crippen LogP contribution < -0.4 is 4.72 Å². The monoisotopic (exact) mass is 257 g/mol. The summed E-state index contributed by atoms with van der Waals surface area (Å²) in [6.07, 6.45) is 1.57. The quantitative estimate of drug-likeness (QED) is 0.862. The standard InChI is InChI=1S/C10H11N3O3S.2H2/c1-2-17(15,16)13-10(14)7-3-4-9-8(5-7)6-11-12-9;;/h3-6H,2H2,1H3,(H,11,12)(H,13,14);2*1H. The number of H-pyrrole nitrogens is 1. The molecule has 7 heteroatoms. The topological polar surface area (TPSA) is 91.9 Å². The molecule has 0 saturated carbocycles. The highest BCUT2D eigenvalue weighted by Gasteiger charge is 2.14.